The van der Waals surface area contributed by atoms with E-state index in [9.17, 15) is 9.59 Å². The Balaban J connectivity index is 1.95. The predicted octanol–water partition coefficient (Wildman–Crippen LogP) is 6.23. The molecule has 0 fully saturated rings. The number of para-hydroxylation sites is 1. The van der Waals surface area contributed by atoms with Crippen molar-refractivity contribution in [2.24, 2.45) is 0 Å². The SMILES string of the molecule is CC[C@@H](C)NC(=O)[C@@H](Cc1ccccc1)N(Cc1cccc(C)c1)C(=O)COc1ccccc1C(C)(C)C. The Morgan fingerprint density at radius 3 is 2.24 bits per heavy atom. The van der Waals surface area contributed by atoms with Gasteiger partial charge in [0.05, 0.1) is 0 Å². The maximum Gasteiger partial charge on any atom is 0.261 e. The van der Waals surface area contributed by atoms with Gasteiger partial charge in [0.1, 0.15) is 11.8 Å². The van der Waals surface area contributed by atoms with Gasteiger partial charge in [-0.2, -0.15) is 0 Å². The highest BCUT2D eigenvalue weighted by Crippen LogP contribution is 2.31. The lowest BCUT2D eigenvalue weighted by atomic mass is 9.86. The van der Waals surface area contributed by atoms with Crippen LogP contribution in [0.1, 0.15) is 63.3 Å². The van der Waals surface area contributed by atoms with Gasteiger partial charge in [-0.05, 0) is 48.4 Å². The van der Waals surface area contributed by atoms with Crippen LogP contribution in [0, 0.1) is 6.92 Å². The summed E-state index contributed by atoms with van der Waals surface area (Å²) in [5.41, 5.74) is 3.98. The van der Waals surface area contributed by atoms with Crippen LogP contribution in [0.3, 0.4) is 0 Å². The van der Waals surface area contributed by atoms with Crippen LogP contribution in [0.5, 0.6) is 5.75 Å². The van der Waals surface area contributed by atoms with Gasteiger partial charge in [0.15, 0.2) is 6.61 Å². The van der Waals surface area contributed by atoms with Crippen LogP contribution in [0.4, 0.5) is 0 Å². The summed E-state index contributed by atoms with van der Waals surface area (Å²) in [6.07, 6.45) is 1.22. The van der Waals surface area contributed by atoms with Gasteiger partial charge >= 0.3 is 0 Å². The van der Waals surface area contributed by atoms with E-state index in [1.54, 1.807) is 4.90 Å². The molecule has 0 spiro atoms. The number of amides is 2. The summed E-state index contributed by atoms with van der Waals surface area (Å²) in [6.45, 7) is 12.6. The molecule has 38 heavy (non-hydrogen) atoms. The van der Waals surface area contributed by atoms with Crippen molar-refractivity contribution in [1.29, 1.82) is 0 Å². The van der Waals surface area contributed by atoms with Gasteiger partial charge in [-0.25, -0.2) is 0 Å². The second-order valence-corrected chi connectivity index (χ2v) is 11.1. The summed E-state index contributed by atoms with van der Waals surface area (Å²) < 4.78 is 6.13. The molecule has 0 aliphatic carbocycles. The predicted molar refractivity (Wildman–Crippen MR) is 154 cm³/mol. The van der Waals surface area contributed by atoms with Gasteiger partial charge in [-0.3, -0.25) is 9.59 Å². The van der Waals surface area contributed by atoms with Crippen molar-refractivity contribution in [2.75, 3.05) is 6.61 Å². The van der Waals surface area contributed by atoms with E-state index in [-0.39, 0.29) is 29.9 Å². The maximum atomic E-state index is 13.9. The average Bonchev–Trinajstić information content (AvgIpc) is 2.89. The Morgan fingerprint density at radius 1 is 0.921 bits per heavy atom. The fraction of sp³-hybridized carbons (Fsp3) is 0.394. The fourth-order valence-corrected chi connectivity index (χ4v) is 4.44. The molecule has 0 radical (unpaired) electrons. The first-order valence-electron chi connectivity index (χ1n) is 13.5. The molecule has 0 unspecified atom stereocenters. The van der Waals surface area contributed by atoms with Crippen molar-refractivity contribution in [3.8, 4) is 5.75 Å². The molecular weight excluding hydrogens is 472 g/mol. The third-order valence-electron chi connectivity index (χ3n) is 6.75. The second-order valence-electron chi connectivity index (χ2n) is 11.1. The highest BCUT2D eigenvalue weighted by Gasteiger charge is 2.31. The zero-order chi connectivity index (χ0) is 27.7. The smallest absolute Gasteiger partial charge is 0.261 e. The number of hydrogen-bond donors (Lipinski definition) is 1. The molecule has 0 saturated heterocycles. The minimum Gasteiger partial charge on any atom is -0.483 e. The molecule has 3 aromatic carbocycles. The minimum absolute atomic E-state index is 0.00612. The zero-order valence-corrected chi connectivity index (χ0v) is 23.7. The summed E-state index contributed by atoms with van der Waals surface area (Å²) in [6, 6.07) is 25.1. The second kappa shape index (κ2) is 13.3. The Hall–Kier alpha value is -3.60. The molecule has 0 aliphatic rings. The van der Waals surface area contributed by atoms with Crippen molar-refractivity contribution >= 4 is 11.8 Å². The number of carbonyl (C=O) groups excluding carboxylic acids is 2. The summed E-state index contributed by atoms with van der Waals surface area (Å²) in [5, 5.41) is 3.11. The standard InChI is InChI=1S/C33H42N2O3/c1-7-25(3)34-32(37)29(21-26-15-9-8-10-16-26)35(22-27-17-13-14-24(2)20-27)31(36)23-38-30-19-12-11-18-28(30)33(4,5)6/h8-20,25,29H,7,21-23H2,1-6H3,(H,34,37)/t25-,29-/m1/s1. The number of benzene rings is 3. The molecule has 2 atom stereocenters. The van der Waals surface area contributed by atoms with Crippen LogP contribution >= 0.6 is 0 Å². The van der Waals surface area contributed by atoms with Gasteiger partial charge in [-0.15, -0.1) is 0 Å². The number of ether oxygens (including phenoxy) is 1. The summed E-state index contributed by atoms with van der Waals surface area (Å²) in [4.78, 5) is 29.2. The maximum absolute atomic E-state index is 13.9. The highest BCUT2D eigenvalue weighted by atomic mass is 16.5. The molecule has 5 nitrogen and oxygen atoms in total. The minimum atomic E-state index is -0.680. The van der Waals surface area contributed by atoms with Crippen LogP contribution in [-0.4, -0.2) is 35.4 Å². The monoisotopic (exact) mass is 514 g/mol. The molecule has 2 amide bonds. The Morgan fingerprint density at radius 2 is 1.58 bits per heavy atom. The number of aryl methyl sites for hydroxylation is 1. The third kappa shape index (κ3) is 8.20. The Bertz CT molecular complexity index is 1200. The molecule has 0 aromatic heterocycles. The molecule has 0 aliphatic heterocycles. The molecule has 3 aromatic rings. The van der Waals surface area contributed by atoms with Crippen molar-refractivity contribution in [2.45, 2.75) is 78.4 Å². The molecular formula is C33H42N2O3. The van der Waals surface area contributed by atoms with Crippen molar-refractivity contribution in [1.82, 2.24) is 10.2 Å². The van der Waals surface area contributed by atoms with Crippen molar-refractivity contribution in [3.63, 3.8) is 0 Å². The van der Waals surface area contributed by atoms with Gasteiger partial charge < -0.3 is 15.0 Å². The first-order chi connectivity index (χ1) is 18.1. The number of hydrogen-bond acceptors (Lipinski definition) is 3. The molecule has 3 rings (SSSR count). The quantitative estimate of drug-likeness (QED) is 0.330. The Kier molecular flexibility index (Phi) is 10.1. The van der Waals surface area contributed by atoms with Crippen LogP contribution < -0.4 is 10.1 Å². The van der Waals surface area contributed by atoms with E-state index in [1.165, 1.54) is 0 Å². The van der Waals surface area contributed by atoms with E-state index in [1.807, 2.05) is 93.6 Å². The third-order valence-corrected chi connectivity index (χ3v) is 6.75. The lowest BCUT2D eigenvalue weighted by Crippen LogP contribution is -2.53. The first-order valence-corrected chi connectivity index (χ1v) is 13.5. The van der Waals surface area contributed by atoms with E-state index in [2.05, 4.69) is 32.2 Å². The summed E-state index contributed by atoms with van der Waals surface area (Å²) >= 11 is 0. The van der Waals surface area contributed by atoms with E-state index < -0.39 is 6.04 Å². The van der Waals surface area contributed by atoms with E-state index in [4.69, 9.17) is 4.74 Å². The number of rotatable bonds is 11. The normalized spacial score (nSPS) is 12.9. The van der Waals surface area contributed by atoms with E-state index >= 15 is 0 Å². The van der Waals surface area contributed by atoms with Crippen molar-refractivity contribution < 1.29 is 14.3 Å². The highest BCUT2D eigenvalue weighted by molar-refractivity contribution is 5.88. The summed E-state index contributed by atoms with van der Waals surface area (Å²) in [5.74, 6) is 0.308. The first kappa shape index (κ1) is 29.0. The Labute approximate surface area is 228 Å². The molecule has 0 saturated carbocycles. The lowest BCUT2D eigenvalue weighted by molar-refractivity contribution is -0.143. The van der Waals surface area contributed by atoms with Crippen LogP contribution in [0.2, 0.25) is 0 Å². The number of carbonyl (C=O) groups is 2. The summed E-state index contributed by atoms with van der Waals surface area (Å²) in [7, 11) is 0. The van der Waals surface area contributed by atoms with Crippen LogP contribution in [0.15, 0.2) is 78.9 Å². The number of nitrogens with zero attached hydrogens (tertiary/aromatic N) is 1. The van der Waals surface area contributed by atoms with Crippen LogP contribution in [0.25, 0.3) is 0 Å². The van der Waals surface area contributed by atoms with E-state index in [0.717, 1.165) is 28.7 Å². The van der Waals surface area contributed by atoms with E-state index in [0.29, 0.717) is 18.7 Å². The topological polar surface area (TPSA) is 58.6 Å². The van der Waals surface area contributed by atoms with Gasteiger partial charge in [-0.1, -0.05) is 106 Å². The zero-order valence-electron chi connectivity index (χ0n) is 23.7. The van der Waals surface area contributed by atoms with Crippen molar-refractivity contribution in [3.05, 3.63) is 101 Å². The van der Waals surface area contributed by atoms with Gasteiger partial charge in [0.25, 0.3) is 5.91 Å². The largest absolute Gasteiger partial charge is 0.483 e. The average molecular weight is 515 g/mol. The van der Waals surface area contributed by atoms with Gasteiger partial charge in [0, 0.05) is 19.0 Å². The van der Waals surface area contributed by atoms with Gasteiger partial charge in [0.2, 0.25) is 5.91 Å². The fourth-order valence-electron chi connectivity index (χ4n) is 4.44. The molecule has 5 heteroatoms. The molecule has 1 N–H and O–H groups in total. The molecule has 202 valence electrons. The number of nitrogens with one attached hydrogen (secondary N) is 1. The molecule has 0 heterocycles. The lowest BCUT2D eigenvalue weighted by Gasteiger charge is -2.32. The molecule has 0 bridgehead atoms. The van der Waals surface area contributed by atoms with Crippen LogP contribution in [-0.2, 0) is 28.0 Å².